The molecule has 5 N–H and O–H groups in total. The molecule has 2 fully saturated rings. The Morgan fingerprint density at radius 1 is 1.05 bits per heavy atom. The molecule has 2 aromatic rings. The van der Waals surface area contributed by atoms with Gasteiger partial charge in [-0.2, -0.15) is 0 Å². The lowest BCUT2D eigenvalue weighted by molar-refractivity contribution is -0.0576. The van der Waals surface area contributed by atoms with Crippen LogP contribution in [0.15, 0.2) is 31.6 Å². The summed E-state index contributed by atoms with van der Waals surface area (Å²) in [5.74, 6) is 0. The largest absolute Gasteiger partial charge is 0.472 e. The third-order valence-electron chi connectivity index (χ3n) is 5.97. The van der Waals surface area contributed by atoms with Crippen molar-refractivity contribution in [2.45, 2.75) is 63.5 Å². The van der Waals surface area contributed by atoms with Gasteiger partial charge in [-0.1, -0.05) is 0 Å². The average Bonchev–Trinajstić information content (AvgIpc) is 3.41. The number of H-pyrrole nitrogens is 2. The van der Waals surface area contributed by atoms with Crippen molar-refractivity contribution < 1.29 is 42.3 Å². The second kappa shape index (κ2) is 10.6. The minimum absolute atomic E-state index is 0.171. The zero-order valence-electron chi connectivity index (χ0n) is 22.3. The minimum Gasteiger partial charge on any atom is -0.394 e. The van der Waals surface area contributed by atoms with Gasteiger partial charge in [-0.05, 0) is 13.8 Å². The number of aromatic amines is 2. The molecule has 4 rings (SSSR count). The molecular formula is C20H27N4O12P. The fraction of sp³-hybridized carbons (Fsp3) is 0.600. The number of aliphatic hydroxyl groups excluding tert-OH is 2. The van der Waals surface area contributed by atoms with Crippen LogP contribution in [0.1, 0.15) is 40.5 Å². The van der Waals surface area contributed by atoms with E-state index in [-0.39, 0.29) is 18.4 Å². The Bertz CT molecular complexity index is 1530. The molecule has 0 spiro atoms. The highest BCUT2D eigenvalue weighted by atomic mass is 31.2. The lowest BCUT2D eigenvalue weighted by atomic mass is 10.2. The van der Waals surface area contributed by atoms with Gasteiger partial charge in [0.15, 0.2) is 0 Å². The minimum atomic E-state index is -4.87. The van der Waals surface area contributed by atoms with Gasteiger partial charge in [0.25, 0.3) is 11.1 Å². The summed E-state index contributed by atoms with van der Waals surface area (Å²) < 4.78 is 58.0. The van der Waals surface area contributed by atoms with E-state index in [4.69, 9.17) is 22.6 Å². The van der Waals surface area contributed by atoms with Crippen LogP contribution < -0.4 is 22.5 Å². The van der Waals surface area contributed by atoms with Crippen LogP contribution >= 0.6 is 7.82 Å². The lowest BCUT2D eigenvalue weighted by Gasteiger charge is -2.22. The summed E-state index contributed by atoms with van der Waals surface area (Å²) in [7, 11) is -4.87. The maximum absolute atomic E-state index is 12.7. The molecular weight excluding hydrogens is 519 g/mol. The molecule has 1 unspecified atom stereocenters. The molecule has 0 aromatic carbocycles. The number of phosphoric acid groups is 1. The summed E-state index contributed by atoms with van der Waals surface area (Å²) in [6.45, 7) is -2.71. The number of aryl methyl sites for hydroxylation is 2. The van der Waals surface area contributed by atoms with Crippen LogP contribution in [0.5, 0.6) is 0 Å². The Balaban J connectivity index is 1.41. The van der Waals surface area contributed by atoms with Crippen LogP contribution in [0.3, 0.4) is 0 Å². The Labute approximate surface area is 211 Å². The van der Waals surface area contributed by atoms with Gasteiger partial charge in [0.1, 0.15) is 30.8 Å². The van der Waals surface area contributed by atoms with E-state index in [9.17, 15) is 38.8 Å². The Hall–Kier alpha value is -2.69. The van der Waals surface area contributed by atoms with E-state index in [1.54, 1.807) is 0 Å². The first kappa shape index (κ1) is 23.4. The van der Waals surface area contributed by atoms with Crippen LogP contribution in [0, 0.1) is 13.8 Å². The van der Waals surface area contributed by atoms with Crippen LogP contribution in [0.25, 0.3) is 0 Å². The third kappa shape index (κ3) is 5.91. The Morgan fingerprint density at radius 3 is 2.24 bits per heavy atom. The van der Waals surface area contributed by atoms with Crippen molar-refractivity contribution in [1.82, 2.24) is 19.1 Å². The van der Waals surface area contributed by atoms with Gasteiger partial charge in [-0.25, -0.2) is 14.2 Å². The van der Waals surface area contributed by atoms with Crippen LogP contribution in [-0.2, 0) is 23.1 Å². The van der Waals surface area contributed by atoms with E-state index in [1.165, 1.54) is 13.1 Å². The molecule has 7 atom stereocenters. The zero-order valence-corrected chi connectivity index (χ0v) is 20.2. The Kier molecular flexibility index (Phi) is 6.70. The fourth-order valence-corrected chi connectivity index (χ4v) is 5.01. The highest BCUT2D eigenvalue weighted by Gasteiger charge is 2.43. The SMILES string of the molecule is [2H]C([2H])([2H])c1cn([C@H]2C[C@@H](O)[C@@H](COP(=O)(O)O[C@@H]3C[C@H](n4cc(C)c(=O)[nH]c4=O)O[C@@H]3CO)O2)c(=O)[nH]c1=O. The van der Waals surface area contributed by atoms with Crippen molar-refractivity contribution in [1.29, 1.82) is 0 Å². The van der Waals surface area contributed by atoms with E-state index in [2.05, 4.69) is 4.98 Å². The summed E-state index contributed by atoms with van der Waals surface area (Å²) in [4.78, 5) is 62.1. The monoisotopic (exact) mass is 549 g/mol. The summed E-state index contributed by atoms with van der Waals surface area (Å²) in [6, 6.07) is 0. The molecule has 37 heavy (non-hydrogen) atoms. The van der Waals surface area contributed by atoms with Crippen molar-refractivity contribution in [2.24, 2.45) is 0 Å². The second-order valence-electron chi connectivity index (χ2n) is 8.58. The fourth-order valence-electron chi connectivity index (χ4n) is 4.05. The molecule has 0 saturated carbocycles. The number of rotatable bonds is 8. The van der Waals surface area contributed by atoms with Gasteiger partial charge in [-0.3, -0.25) is 37.7 Å². The highest BCUT2D eigenvalue weighted by molar-refractivity contribution is 7.47. The summed E-state index contributed by atoms with van der Waals surface area (Å²) in [5.41, 5.74) is -3.95. The van der Waals surface area contributed by atoms with Gasteiger partial charge < -0.3 is 24.6 Å². The first-order valence-corrected chi connectivity index (χ1v) is 12.5. The number of hydrogen-bond donors (Lipinski definition) is 5. The first-order chi connectivity index (χ1) is 18.6. The van der Waals surface area contributed by atoms with Gasteiger partial charge in [0, 0.05) is 40.5 Å². The van der Waals surface area contributed by atoms with Gasteiger partial charge in [0.05, 0.1) is 19.3 Å². The van der Waals surface area contributed by atoms with E-state index in [1.807, 2.05) is 4.98 Å². The van der Waals surface area contributed by atoms with Crippen molar-refractivity contribution in [3.05, 3.63) is 65.2 Å². The number of nitrogens with zero attached hydrogens (tertiary/aromatic N) is 2. The normalized spacial score (nSPS) is 31.0. The highest BCUT2D eigenvalue weighted by Crippen LogP contribution is 2.48. The van der Waals surface area contributed by atoms with Crippen molar-refractivity contribution in [3.8, 4) is 0 Å². The van der Waals surface area contributed by atoms with E-state index in [0.29, 0.717) is 0 Å². The number of aliphatic hydroxyl groups is 2. The standard InChI is InChI=1S/C20H27N4O12P/c1-9-5-23(19(29)21-17(9)27)15-3-11(26)14(35-15)8-33-37(31,32)36-12-4-16(34-13(12)7-25)24-6-10(2)18(28)22-20(24)30/h5-6,11-16,25-26H,3-4,7-8H2,1-2H3,(H,31,32)(H,21,27,29)(H,22,28,30)/t11-,12-,13-,14-,15-,16-/m1/s1/i1D3. The first-order valence-electron chi connectivity index (χ1n) is 12.5. The Morgan fingerprint density at radius 2 is 1.62 bits per heavy atom. The molecule has 2 saturated heterocycles. The molecule has 2 aliphatic heterocycles. The smallest absolute Gasteiger partial charge is 0.394 e. The quantitative estimate of drug-likeness (QED) is 0.229. The molecule has 0 bridgehead atoms. The van der Waals surface area contributed by atoms with E-state index in [0.717, 1.165) is 15.3 Å². The predicted molar refractivity (Wildman–Crippen MR) is 123 cm³/mol. The van der Waals surface area contributed by atoms with Crippen molar-refractivity contribution in [3.63, 3.8) is 0 Å². The van der Waals surface area contributed by atoms with Crippen LogP contribution in [0.2, 0.25) is 0 Å². The maximum Gasteiger partial charge on any atom is 0.472 e. The number of phosphoric ester groups is 1. The molecule has 17 heteroatoms. The second-order valence-corrected chi connectivity index (χ2v) is 9.98. The van der Waals surface area contributed by atoms with Gasteiger partial charge in [0.2, 0.25) is 0 Å². The van der Waals surface area contributed by atoms with E-state index < -0.39 is 92.8 Å². The summed E-state index contributed by atoms with van der Waals surface area (Å²) in [6.07, 6.45) is -5.57. The predicted octanol–water partition coefficient (Wildman–Crippen LogP) is -1.87. The molecule has 0 amide bonds. The van der Waals surface area contributed by atoms with E-state index >= 15 is 0 Å². The zero-order chi connectivity index (χ0) is 29.6. The van der Waals surface area contributed by atoms with Crippen LogP contribution in [-0.4, -0.2) is 71.8 Å². The van der Waals surface area contributed by atoms with Gasteiger partial charge >= 0.3 is 19.2 Å². The number of aromatic nitrogens is 4. The third-order valence-corrected chi connectivity index (χ3v) is 6.98. The average molecular weight is 549 g/mol. The number of hydrogen-bond acceptors (Lipinski definition) is 11. The maximum atomic E-state index is 12.7. The topological polar surface area (TPSA) is 224 Å². The van der Waals surface area contributed by atoms with Crippen molar-refractivity contribution >= 4 is 7.82 Å². The van der Waals surface area contributed by atoms with Crippen molar-refractivity contribution in [2.75, 3.05) is 13.2 Å². The molecule has 2 aliphatic rings. The number of nitrogens with one attached hydrogen (secondary N) is 2. The van der Waals surface area contributed by atoms with Crippen LogP contribution in [0.4, 0.5) is 0 Å². The lowest BCUT2D eigenvalue weighted by Crippen LogP contribution is -2.33. The molecule has 16 nitrogen and oxygen atoms in total. The molecule has 2 aromatic heterocycles. The summed E-state index contributed by atoms with van der Waals surface area (Å²) in [5, 5.41) is 20.0. The van der Waals surface area contributed by atoms with Gasteiger partial charge in [-0.15, -0.1) is 0 Å². The molecule has 4 heterocycles. The molecule has 0 aliphatic carbocycles. The number of ether oxygens (including phenoxy) is 2. The molecule has 204 valence electrons. The molecule has 0 radical (unpaired) electrons. The summed E-state index contributed by atoms with van der Waals surface area (Å²) >= 11 is 0.